The van der Waals surface area contributed by atoms with Crippen molar-refractivity contribution in [2.75, 3.05) is 26.6 Å². The first-order valence-electron chi connectivity index (χ1n) is 23.0. The Hall–Kier alpha value is -5.37. The molecule has 0 spiro atoms. The predicted octanol–water partition coefficient (Wildman–Crippen LogP) is 8.57. The molecule has 6 atom stereocenters. The van der Waals surface area contributed by atoms with Gasteiger partial charge in [0.25, 0.3) is 0 Å². The van der Waals surface area contributed by atoms with E-state index in [0.29, 0.717) is 48.1 Å². The van der Waals surface area contributed by atoms with Crippen LogP contribution in [0.5, 0.6) is 23.0 Å². The van der Waals surface area contributed by atoms with Gasteiger partial charge in [0.2, 0.25) is 18.5 Å². The summed E-state index contributed by atoms with van der Waals surface area (Å²) in [5.41, 5.74) is 3.71. The number of nitrogens with zero attached hydrogens (tertiary/aromatic N) is 2. The zero-order valence-corrected chi connectivity index (χ0v) is 37.3. The number of nitrogens with one attached hydrogen (secondary N) is 1. The lowest BCUT2D eigenvalue weighted by Gasteiger charge is -2.60. The Kier molecular flexibility index (Phi) is 14.0. The summed E-state index contributed by atoms with van der Waals surface area (Å²) in [6.07, 6.45) is 9.76. The molecule has 342 valence electrons. The molecule has 5 aliphatic rings. The minimum absolute atomic E-state index is 0.000448. The van der Waals surface area contributed by atoms with Gasteiger partial charge in [-0.25, -0.2) is 4.79 Å². The third-order valence-electron chi connectivity index (χ3n) is 12.9. The average molecular weight is 878 g/mol. The topological polar surface area (TPSA) is 158 Å². The van der Waals surface area contributed by atoms with Crippen molar-refractivity contribution in [2.24, 2.45) is 28.8 Å². The van der Waals surface area contributed by atoms with Gasteiger partial charge in [-0.1, -0.05) is 66.5 Å². The molecule has 2 amide bonds. The number of allylic oxidation sites excluding steroid dienone is 1. The Bertz CT molecular complexity index is 2200. The van der Waals surface area contributed by atoms with Crippen LogP contribution in [0, 0.1) is 23.7 Å². The van der Waals surface area contributed by atoms with Gasteiger partial charge in [-0.3, -0.25) is 4.79 Å². The second-order valence-electron chi connectivity index (χ2n) is 18.6. The molecule has 3 N–H and O–H groups in total. The number of aliphatic hydroxyl groups is 2. The maximum atomic E-state index is 14.9. The summed E-state index contributed by atoms with van der Waals surface area (Å²) >= 11 is 0. The normalized spacial score (nSPS) is 24.7. The number of rotatable bonds is 19. The van der Waals surface area contributed by atoms with Crippen LogP contribution in [0.1, 0.15) is 101 Å². The molecule has 13 heteroatoms. The zero-order valence-electron chi connectivity index (χ0n) is 37.3. The molecule has 8 rings (SSSR count). The van der Waals surface area contributed by atoms with E-state index in [-0.39, 0.29) is 69.2 Å². The maximum absolute atomic E-state index is 14.9. The fourth-order valence-electron chi connectivity index (χ4n) is 9.96. The van der Waals surface area contributed by atoms with E-state index in [1.165, 1.54) is 0 Å². The molecule has 2 saturated carbocycles. The highest BCUT2D eigenvalue weighted by Gasteiger charge is 2.66. The van der Waals surface area contributed by atoms with Gasteiger partial charge in [0.15, 0.2) is 11.5 Å². The number of carbonyl (C=O) groups is 2. The molecule has 3 aliphatic carbocycles. The monoisotopic (exact) mass is 877 g/mol. The van der Waals surface area contributed by atoms with Crippen LogP contribution in [0.3, 0.4) is 0 Å². The van der Waals surface area contributed by atoms with Gasteiger partial charge in [-0.15, -0.1) is 6.58 Å². The van der Waals surface area contributed by atoms with Gasteiger partial charge in [-0.05, 0) is 118 Å². The molecule has 0 aromatic heterocycles. The summed E-state index contributed by atoms with van der Waals surface area (Å²) in [6.45, 7) is 10.9. The number of carbonyl (C=O) groups excluding carboxylic acids is 2. The number of hydrogen-bond acceptors (Lipinski definition) is 11. The lowest BCUT2D eigenvalue weighted by atomic mass is 9.55. The van der Waals surface area contributed by atoms with Gasteiger partial charge >= 0.3 is 6.09 Å². The van der Waals surface area contributed by atoms with E-state index in [9.17, 15) is 19.8 Å². The number of unbranched alkanes of at least 4 members (excludes halogenated alkanes) is 2. The minimum Gasteiger partial charge on any atom is -0.459 e. The van der Waals surface area contributed by atoms with Crippen LogP contribution in [0.25, 0.3) is 0 Å². The van der Waals surface area contributed by atoms with Crippen LogP contribution in [0.4, 0.5) is 4.79 Å². The molecular formula is C51H63N3O10. The fraction of sp³-hybridized carbons (Fsp3) is 0.510. The Labute approximate surface area is 376 Å². The number of ether oxygens (including phenoxy) is 5. The fourth-order valence-corrected chi connectivity index (χ4v) is 9.96. The molecule has 0 saturated heterocycles. The summed E-state index contributed by atoms with van der Waals surface area (Å²) in [5, 5.41) is 27.8. The predicted molar refractivity (Wildman–Crippen MR) is 241 cm³/mol. The van der Waals surface area contributed by atoms with Gasteiger partial charge in [0.1, 0.15) is 23.1 Å². The molecule has 3 aromatic carbocycles. The Balaban J connectivity index is 1.29. The largest absolute Gasteiger partial charge is 0.459 e. The van der Waals surface area contributed by atoms with Crippen molar-refractivity contribution < 1.29 is 48.3 Å². The first-order valence-corrected chi connectivity index (χ1v) is 23.0. The lowest BCUT2D eigenvalue weighted by Crippen LogP contribution is -2.70. The van der Waals surface area contributed by atoms with Gasteiger partial charge in [-0.2, -0.15) is 0 Å². The number of hydrogen-bond donors (Lipinski definition) is 3. The Morgan fingerprint density at radius 3 is 2.42 bits per heavy atom. The first-order chi connectivity index (χ1) is 31.0. The molecule has 3 aromatic rings. The van der Waals surface area contributed by atoms with Crippen molar-refractivity contribution in [2.45, 2.75) is 115 Å². The van der Waals surface area contributed by atoms with Gasteiger partial charge in [0.05, 0.1) is 18.2 Å². The van der Waals surface area contributed by atoms with Gasteiger partial charge in [0, 0.05) is 50.1 Å². The van der Waals surface area contributed by atoms with E-state index in [1.54, 1.807) is 12.1 Å². The van der Waals surface area contributed by atoms with E-state index in [4.69, 9.17) is 33.7 Å². The van der Waals surface area contributed by atoms with Crippen molar-refractivity contribution in [1.29, 1.82) is 0 Å². The van der Waals surface area contributed by atoms with Crippen molar-refractivity contribution in [3.63, 3.8) is 0 Å². The molecule has 64 heavy (non-hydrogen) atoms. The van der Waals surface area contributed by atoms with Gasteiger partial charge < -0.3 is 49.0 Å². The summed E-state index contributed by atoms with van der Waals surface area (Å²) < 4.78 is 32.0. The number of oxime groups is 1. The van der Waals surface area contributed by atoms with Crippen LogP contribution in [-0.2, 0) is 27.5 Å². The van der Waals surface area contributed by atoms with Crippen molar-refractivity contribution in [1.82, 2.24) is 10.2 Å². The highest BCUT2D eigenvalue weighted by molar-refractivity contribution is 6.03. The molecule has 2 aliphatic heterocycles. The van der Waals surface area contributed by atoms with Crippen LogP contribution < -0.4 is 24.3 Å². The average Bonchev–Trinajstić information content (AvgIpc) is 4.04. The quantitative estimate of drug-likeness (QED) is 0.0606. The third kappa shape index (κ3) is 9.96. The number of aliphatic hydroxyl groups excluding tert-OH is 2. The Morgan fingerprint density at radius 1 is 0.938 bits per heavy atom. The van der Waals surface area contributed by atoms with Crippen molar-refractivity contribution >= 4 is 17.7 Å². The summed E-state index contributed by atoms with van der Waals surface area (Å²) in [7, 11) is 0. The number of amides is 2. The summed E-state index contributed by atoms with van der Waals surface area (Å²) in [4.78, 5) is 36.5. The smallest absolute Gasteiger partial charge is 0.412 e. The molecule has 2 fully saturated rings. The van der Waals surface area contributed by atoms with Crippen LogP contribution in [0.2, 0.25) is 0 Å². The zero-order chi connectivity index (χ0) is 44.8. The second-order valence-corrected chi connectivity index (χ2v) is 18.6. The summed E-state index contributed by atoms with van der Waals surface area (Å²) in [6, 6.07) is 20.3. The van der Waals surface area contributed by atoms with Crippen molar-refractivity contribution in [3.05, 3.63) is 108 Å². The SMILES string of the molecule is C=CCO[C@@]12Oc3ccc(OC(=O)NCc4ccccc4)cc3[C@H]3[C@H](CCCCO)[C@@H](CCCCO)C=C(C(=NOC(C)(C)C)C[C@@H]1N(Cc1ccc4c(c1)OCO4)C(=O)C1CC1)[C@H]32. The van der Waals surface area contributed by atoms with Crippen LogP contribution in [-0.4, -0.2) is 76.9 Å². The van der Waals surface area contributed by atoms with E-state index in [2.05, 4.69) is 18.0 Å². The standard InChI is InChI=1S/C51H63N3O10/c1-5-25-61-51-45(54(48(57)35-18-19-35)31-34-17-21-43-44(26-34)60-32-59-43)29-41(53-64-50(2,3)4)39-27-36(15-9-11-23-55)38(16-10-12-24-56)46(47(39)51)40-28-37(20-22-42(40)63-51)62-49(58)52-30-33-13-7-6-8-14-33/h5-8,13-14,17,20-22,26-28,35-36,38,45-47,55-56H,1,9-12,15-16,18-19,23-25,29-32H2,2-4H3,(H,52,58)/t36-,38+,45-,46+,47+,51+/m0/s1. The molecule has 2 heterocycles. The van der Waals surface area contributed by atoms with Crippen LogP contribution >= 0.6 is 0 Å². The van der Waals surface area contributed by atoms with E-state index in [0.717, 1.165) is 60.8 Å². The second kappa shape index (κ2) is 19.8. The molecule has 0 bridgehead atoms. The first kappa shape index (κ1) is 45.2. The summed E-state index contributed by atoms with van der Waals surface area (Å²) in [5.74, 6) is -0.0885. The lowest BCUT2D eigenvalue weighted by molar-refractivity contribution is -0.258. The maximum Gasteiger partial charge on any atom is 0.412 e. The van der Waals surface area contributed by atoms with Crippen molar-refractivity contribution in [3.8, 4) is 23.0 Å². The highest BCUT2D eigenvalue weighted by atomic mass is 16.7. The molecule has 13 nitrogen and oxygen atoms in total. The number of benzene rings is 3. The highest BCUT2D eigenvalue weighted by Crippen LogP contribution is 2.62. The molecule has 0 radical (unpaired) electrons. The van der Waals surface area contributed by atoms with Crippen LogP contribution in [0.15, 0.2) is 96.2 Å². The number of fused-ring (bicyclic) bond motifs is 3. The molecule has 0 unspecified atom stereocenters. The third-order valence-corrected chi connectivity index (χ3v) is 12.9. The van der Waals surface area contributed by atoms with E-state index < -0.39 is 29.4 Å². The minimum atomic E-state index is -1.43. The van der Waals surface area contributed by atoms with E-state index >= 15 is 0 Å². The molecular weight excluding hydrogens is 815 g/mol. The Morgan fingerprint density at radius 2 is 1.69 bits per heavy atom. The van der Waals surface area contributed by atoms with E-state index in [1.807, 2.05) is 86.3 Å².